The van der Waals surface area contributed by atoms with Gasteiger partial charge in [-0.1, -0.05) is 36.4 Å². The number of primary amides is 1. The van der Waals surface area contributed by atoms with Crippen LogP contribution in [-0.4, -0.2) is 25.2 Å². The van der Waals surface area contributed by atoms with Gasteiger partial charge in [-0.25, -0.2) is 0 Å². The molecule has 0 aliphatic rings. The van der Waals surface area contributed by atoms with Crippen molar-refractivity contribution in [3.63, 3.8) is 0 Å². The van der Waals surface area contributed by atoms with Crippen LogP contribution in [0.3, 0.4) is 0 Å². The molecule has 0 aromatic heterocycles. The van der Waals surface area contributed by atoms with E-state index in [1.807, 2.05) is 48.5 Å². The summed E-state index contributed by atoms with van der Waals surface area (Å²) < 4.78 is 10.5. The Morgan fingerprint density at radius 2 is 1.38 bits per heavy atom. The van der Waals surface area contributed by atoms with E-state index in [-0.39, 0.29) is 11.7 Å². The summed E-state index contributed by atoms with van der Waals surface area (Å²) in [6, 6.07) is 20.0. The molecule has 0 saturated carbocycles. The molecule has 1 atom stereocenters. The average molecular weight is 412 g/mol. The van der Waals surface area contributed by atoms with Gasteiger partial charge in [0.15, 0.2) is 0 Å². The number of nitrogens with two attached hydrogens (primary N) is 1. The van der Waals surface area contributed by atoms with Crippen molar-refractivity contribution in [2.24, 2.45) is 5.73 Å². The summed E-state index contributed by atoms with van der Waals surface area (Å²) in [6.45, 7) is 0. The zero-order valence-electron chi connectivity index (χ0n) is 16.1. The number of hydrogen-bond donors (Lipinski definition) is 2. The molecular weight excluding hydrogens is 390 g/mol. The summed E-state index contributed by atoms with van der Waals surface area (Å²) in [5.41, 5.74) is 8.24. The molecular formula is C23H22ClNO4. The van der Waals surface area contributed by atoms with Gasteiger partial charge >= 0.3 is 0 Å². The predicted octanol–water partition coefficient (Wildman–Crippen LogP) is 4.35. The molecule has 0 fully saturated rings. The third-order valence-electron chi connectivity index (χ3n) is 4.83. The first kappa shape index (κ1) is 20.6. The lowest BCUT2D eigenvalue weighted by atomic mass is 9.81. The summed E-state index contributed by atoms with van der Waals surface area (Å²) in [5.74, 6) is 0.399. The first-order valence-corrected chi connectivity index (χ1v) is 9.43. The van der Waals surface area contributed by atoms with E-state index in [1.165, 1.54) is 0 Å². The number of benzene rings is 3. The maximum atomic E-state index is 11.8. The van der Waals surface area contributed by atoms with Gasteiger partial charge in [0.05, 0.1) is 14.2 Å². The maximum Gasteiger partial charge on any atom is 0.240 e. The minimum Gasteiger partial charge on any atom is -0.508 e. The van der Waals surface area contributed by atoms with E-state index < -0.39 is 11.3 Å². The Labute approximate surface area is 174 Å². The van der Waals surface area contributed by atoms with Gasteiger partial charge in [0.25, 0.3) is 0 Å². The molecule has 1 unspecified atom stereocenters. The lowest BCUT2D eigenvalue weighted by Gasteiger charge is -2.24. The van der Waals surface area contributed by atoms with Gasteiger partial charge in [0.2, 0.25) is 5.91 Å². The summed E-state index contributed by atoms with van der Waals surface area (Å²) in [5, 5.41) is 9.68. The Balaban J connectivity index is 2.23. The van der Waals surface area contributed by atoms with Crippen LogP contribution in [0.1, 0.15) is 33.5 Å². The predicted molar refractivity (Wildman–Crippen MR) is 113 cm³/mol. The Kier molecular flexibility index (Phi) is 6.29. The Bertz CT molecular complexity index is 939. The van der Waals surface area contributed by atoms with E-state index in [2.05, 4.69) is 0 Å². The second kappa shape index (κ2) is 8.88. The minimum atomic E-state index is -1.07. The second-order valence-electron chi connectivity index (χ2n) is 6.52. The number of methoxy groups -OCH3 is 2. The lowest BCUT2D eigenvalue weighted by molar-refractivity contribution is -0.117. The van der Waals surface area contributed by atoms with Crippen molar-refractivity contribution in [3.8, 4) is 17.2 Å². The zero-order valence-corrected chi connectivity index (χ0v) is 16.9. The fraction of sp³-hybridized carbons (Fsp3) is 0.174. The van der Waals surface area contributed by atoms with E-state index in [9.17, 15) is 9.90 Å². The number of halogens is 1. The van der Waals surface area contributed by atoms with Crippen LogP contribution in [0.2, 0.25) is 0 Å². The molecule has 3 aromatic rings. The third kappa shape index (κ3) is 4.30. The van der Waals surface area contributed by atoms with Gasteiger partial charge in [-0.05, 0) is 47.0 Å². The van der Waals surface area contributed by atoms with Crippen molar-refractivity contribution < 1.29 is 19.4 Å². The number of amides is 1. The highest BCUT2D eigenvalue weighted by molar-refractivity contribution is 6.30. The molecule has 0 aliphatic carbocycles. The number of aromatic hydroxyl groups is 1. The van der Waals surface area contributed by atoms with Crippen LogP contribution < -0.4 is 15.2 Å². The van der Waals surface area contributed by atoms with E-state index in [0.717, 1.165) is 11.1 Å². The minimum absolute atomic E-state index is 0.0334. The number of carbonyl (C=O) groups excluding carboxylic acids is 1. The Morgan fingerprint density at radius 1 is 0.897 bits per heavy atom. The first-order chi connectivity index (χ1) is 14.0. The van der Waals surface area contributed by atoms with Crippen molar-refractivity contribution in [2.45, 2.75) is 11.3 Å². The monoisotopic (exact) mass is 411 g/mol. The molecule has 1 amide bonds. The lowest BCUT2D eigenvalue weighted by Crippen LogP contribution is -2.19. The topological polar surface area (TPSA) is 81.8 Å². The molecule has 0 aliphatic heterocycles. The number of ether oxygens (including phenoxy) is 2. The van der Waals surface area contributed by atoms with E-state index in [1.54, 1.807) is 32.4 Å². The fourth-order valence-electron chi connectivity index (χ4n) is 3.38. The highest BCUT2D eigenvalue weighted by atomic mass is 35.5. The highest BCUT2D eigenvalue weighted by Crippen LogP contribution is 2.42. The van der Waals surface area contributed by atoms with Gasteiger partial charge in [0.1, 0.15) is 22.6 Å². The largest absolute Gasteiger partial charge is 0.508 e. The quantitative estimate of drug-likeness (QED) is 0.447. The van der Waals surface area contributed by atoms with Crippen molar-refractivity contribution in [2.75, 3.05) is 14.2 Å². The average Bonchev–Trinajstić information content (AvgIpc) is 2.75. The molecule has 6 heteroatoms. The number of rotatable bonds is 7. The van der Waals surface area contributed by atoms with Crippen LogP contribution in [0.5, 0.6) is 17.2 Å². The highest BCUT2D eigenvalue weighted by Gasteiger charge is 2.28. The molecule has 0 bridgehead atoms. The van der Waals surface area contributed by atoms with Crippen LogP contribution in [0, 0.1) is 0 Å². The molecule has 3 N–H and O–H groups in total. The smallest absolute Gasteiger partial charge is 0.240 e. The summed E-state index contributed by atoms with van der Waals surface area (Å²) in [7, 11) is 3.20. The Hall–Kier alpha value is -3.18. The van der Waals surface area contributed by atoms with Crippen LogP contribution in [0.15, 0.2) is 66.7 Å². The van der Waals surface area contributed by atoms with Crippen molar-refractivity contribution >= 4 is 17.5 Å². The molecule has 0 heterocycles. The molecule has 0 spiro atoms. The summed E-state index contributed by atoms with van der Waals surface area (Å²) >= 11 is 6.31. The van der Waals surface area contributed by atoms with Crippen LogP contribution in [-0.2, 0) is 4.79 Å². The van der Waals surface area contributed by atoms with Gasteiger partial charge in [-0.3, -0.25) is 4.79 Å². The molecule has 0 saturated heterocycles. The molecule has 29 heavy (non-hydrogen) atoms. The van der Waals surface area contributed by atoms with Crippen LogP contribution >= 0.6 is 11.6 Å². The van der Waals surface area contributed by atoms with Gasteiger partial charge < -0.3 is 20.3 Å². The van der Waals surface area contributed by atoms with Gasteiger partial charge in [-0.2, -0.15) is 0 Å². The number of alkyl halides is 1. The standard InChI is InChI=1S/C23H22ClNO4/c1-28-16-10-6-14(7-11-16)20(15-8-12-17(29-2)13-9-15)21-18(22(24)23(25)27)4-3-5-19(21)26/h3-13,20,22,26H,1-2H3,(H2,25,27). The SMILES string of the molecule is COc1ccc(C(c2ccc(OC)cc2)c2c(O)cccc2C(Cl)C(N)=O)cc1. The van der Waals surface area contributed by atoms with Crippen molar-refractivity contribution in [1.82, 2.24) is 0 Å². The maximum absolute atomic E-state index is 11.8. The zero-order chi connectivity index (χ0) is 21.0. The summed E-state index contributed by atoms with van der Waals surface area (Å²) in [4.78, 5) is 11.8. The van der Waals surface area contributed by atoms with Crippen molar-refractivity contribution in [1.29, 1.82) is 0 Å². The van der Waals surface area contributed by atoms with Gasteiger partial charge in [0, 0.05) is 11.5 Å². The second-order valence-corrected chi connectivity index (χ2v) is 6.96. The van der Waals surface area contributed by atoms with Crippen molar-refractivity contribution in [3.05, 3.63) is 89.0 Å². The molecule has 3 aromatic carbocycles. The number of phenolic OH excluding ortho intramolecular Hbond substituents is 1. The Morgan fingerprint density at radius 3 is 1.79 bits per heavy atom. The first-order valence-electron chi connectivity index (χ1n) is 8.99. The third-order valence-corrected chi connectivity index (χ3v) is 5.28. The normalized spacial score (nSPS) is 11.9. The fourth-order valence-corrected chi connectivity index (χ4v) is 3.57. The number of carbonyl (C=O) groups is 1. The van der Waals surface area contributed by atoms with E-state index >= 15 is 0 Å². The number of phenols is 1. The molecule has 3 rings (SSSR count). The van der Waals surface area contributed by atoms with Crippen LogP contribution in [0.25, 0.3) is 0 Å². The summed E-state index contributed by atoms with van der Waals surface area (Å²) in [6.07, 6.45) is 0. The van der Waals surface area contributed by atoms with E-state index in [4.69, 9.17) is 26.8 Å². The van der Waals surface area contributed by atoms with Gasteiger partial charge in [-0.15, -0.1) is 11.6 Å². The van der Waals surface area contributed by atoms with E-state index in [0.29, 0.717) is 22.6 Å². The van der Waals surface area contributed by atoms with Crippen LogP contribution in [0.4, 0.5) is 0 Å². The molecule has 150 valence electrons. The number of hydrogen-bond acceptors (Lipinski definition) is 4. The molecule has 0 radical (unpaired) electrons. The molecule has 5 nitrogen and oxygen atoms in total.